The summed E-state index contributed by atoms with van der Waals surface area (Å²) in [5.41, 5.74) is 8.83. The van der Waals surface area contributed by atoms with Gasteiger partial charge in [-0.05, 0) is 37.2 Å². The molecular formula is C18H24N2O. The van der Waals surface area contributed by atoms with Crippen molar-refractivity contribution in [1.82, 2.24) is 4.90 Å². The van der Waals surface area contributed by atoms with Crippen LogP contribution in [0.1, 0.15) is 24.1 Å². The third-order valence-electron chi connectivity index (χ3n) is 3.99. The molecule has 0 aliphatic rings. The van der Waals surface area contributed by atoms with Gasteiger partial charge in [-0.3, -0.25) is 4.90 Å². The number of benzene rings is 2. The number of hydrogen-bond acceptors (Lipinski definition) is 3. The van der Waals surface area contributed by atoms with Gasteiger partial charge in [-0.25, -0.2) is 0 Å². The van der Waals surface area contributed by atoms with Crippen LogP contribution in [0.4, 0.5) is 0 Å². The summed E-state index contributed by atoms with van der Waals surface area (Å²) in [6.45, 7) is 3.06. The molecule has 0 aliphatic heterocycles. The van der Waals surface area contributed by atoms with Crippen molar-refractivity contribution in [2.45, 2.75) is 25.6 Å². The lowest BCUT2D eigenvalue weighted by Gasteiger charge is -2.30. The van der Waals surface area contributed by atoms with Crippen LogP contribution in [0.15, 0.2) is 54.6 Å². The average Bonchev–Trinajstić information content (AvgIpc) is 2.54. The summed E-state index contributed by atoms with van der Waals surface area (Å²) in [6.07, 6.45) is 0. The van der Waals surface area contributed by atoms with Crippen LogP contribution in [0.2, 0.25) is 0 Å². The van der Waals surface area contributed by atoms with Crippen molar-refractivity contribution >= 4 is 0 Å². The quantitative estimate of drug-likeness (QED) is 0.885. The molecule has 2 aromatic carbocycles. The van der Waals surface area contributed by atoms with E-state index in [0.29, 0.717) is 0 Å². The molecule has 0 aliphatic carbocycles. The number of rotatable bonds is 6. The molecule has 0 fully saturated rings. The van der Waals surface area contributed by atoms with E-state index in [-0.39, 0.29) is 12.1 Å². The molecule has 0 saturated heterocycles. The minimum absolute atomic E-state index is 0.0235. The van der Waals surface area contributed by atoms with Gasteiger partial charge in [0.05, 0.1) is 7.11 Å². The lowest BCUT2D eigenvalue weighted by Crippen LogP contribution is -2.37. The van der Waals surface area contributed by atoms with Gasteiger partial charge in [-0.1, -0.05) is 42.5 Å². The van der Waals surface area contributed by atoms with Crippen molar-refractivity contribution in [1.29, 1.82) is 0 Å². The average molecular weight is 284 g/mol. The molecule has 3 heteroatoms. The Labute approximate surface area is 127 Å². The van der Waals surface area contributed by atoms with Gasteiger partial charge in [0, 0.05) is 18.6 Å². The maximum Gasteiger partial charge on any atom is 0.118 e. The van der Waals surface area contributed by atoms with E-state index in [2.05, 4.69) is 43.1 Å². The smallest absolute Gasteiger partial charge is 0.118 e. The highest BCUT2D eigenvalue weighted by molar-refractivity contribution is 5.29. The number of hydrogen-bond donors (Lipinski definition) is 1. The van der Waals surface area contributed by atoms with Crippen LogP contribution >= 0.6 is 0 Å². The lowest BCUT2D eigenvalue weighted by atomic mass is 10.00. The Bertz CT molecular complexity index is 539. The largest absolute Gasteiger partial charge is 0.497 e. The Morgan fingerprint density at radius 3 is 2.24 bits per heavy atom. The number of likely N-dealkylation sites (N-methyl/N-ethyl adjacent to an activating group) is 1. The number of methoxy groups -OCH3 is 1. The molecule has 0 saturated carbocycles. The minimum Gasteiger partial charge on any atom is -0.497 e. The number of nitrogens with two attached hydrogens (primary N) is 1. The van der Waals surface area contributed by atoms with Crippen LogP contribution in [-0.2, 0) is 6.54 Å². The molecule has 0 aromatic heterocycles. The maximum atomic E-state index is 6.40. The van der Waals surface area contributed by atoms with Crippen LogP contribution in [0.5, 0.6) is 5.75 Å². The van der Waals surface area contributed by atoms with Gasteiger partial charge < -0.3 is 10.5 Å². The van der Waals surface area contributed by atoms with E-state index in [1.165, 1.54) is 5.56 Å². The van der Waals surface area contributed by atoms with Crippen LogP contribution in [0.3, 0.4) is 0 Å². The molecule has 2 aromatic rings. The summed E-state index contributed by atoms with van der Waals surface area (Å²) in [7, 11) is 3.78. The van der Waals surface area contributed by atoms with Gasteiger partial charge in [-0.15, -0.1) is 0 Å². The van der Waals surface area contributed by atoms with Crippen molar-refractivity contribution in [3.63, 3.8) is 0 Å². The summed E-state index contributed by atoms with van der Waals surface area (Å²) < 4.78 is 5.18. The molecule has 0 heterocycles. The van der Waals surface area contributed by atoms with E-state index < -0.39 is 0 Å². The van der Waals surface area contributed by atoms with Gasteiger partial charge in [-0.2, -0.15) is 0 Å². The molecule has 3 nitrogen and oxygen atoms in total. The second-order valence-corrected chi connectivity index (χ2v) is 5.44. The fourth-order valence-electron chi connectivity index (χ4n) is 2.39. The Balaban J connectivity index is 2.01. The van der Waals surface area contributed by atoms with Crippen molar-refractivity contribution in [2.24, 2.45) is 5.73 Å². The first-order valence-electron chi connectivity index (χ1n) is 7.25. The van der Waals surface area contributed by atoms with Crippen LogP contribution < -0.4 is 10.5 Å². The Kier molecular flexibility index (Phi) is 5.37. The van der Waals surface area contributed by atoms with Gasteiger partial charge in [0.15, 0.2) is 0 Å². The van der Waals surface area contributed by atoms with E-state index in [1.807, 2.05) is 30.3 Å². The normalized spacial score (nSPS) is 14.0. The maximum absolute atomic E-state index is 6.40. The molecule has 2 atom stereocenters. The first-order chi connectivity index (χ1) is 10.1. The van der Waals surface area contributed by atoms with Crippen LogP contribution in [0, 0.1) is 0 Å². The summed E-state index contributed by atoms with van der Waals surface area (Å²) in [4.78, 5) is 2.28. The van der Waals surface area contributed by atoms with Crippen molar-refractivity contribution in [2.75, 3.05) is 14.2 Å². The van der Waals surface area contributed by atoms with Gasteiger partial charge >= 0.3 is 0 Å². The Morgan fingerprint density at radius 2 is 1.67 bits per heavy atom. The second kappa shape index (κ2) is 7.25. The molecule has 2 unspecified atom stereocenters. The zero-order valence-corrected chi connectivity index (χ0v) is 13.0. The summed E-state index contributed by atoms with van der Waals surface area (Å²) in [5.74, 6) is 0.858. The third-order valence-corrected chi connectivity index (χ3v) is 3.99. The Morgan fingerprint density at radius 1 is 1.05 bits per heavy atom. The molecule has 0 spiro atoms. The highest BCUT2D eigenvalue weighted by Gasteiger charge is 2.19. The molecule has 21 heavy (non-hydrogen) atoms. The van der Waals surface area contributed by atoms with Gasteiger partial charge in [0.1, 0.15) is 5.75 Å². The van der Waals surface area contributed by atoms with E-state index in [4.69, 9.17) is 10.5 Å². The number of ether oxygens (including phenoxy) is 1. The predicted octanol–water partition coefficient (Wildman–Crippen LogP) is 3.22. The highest BCUT2D eigenvalue weighted by Crippen LogP contribution is 2.21. The first kappa shape index (κ1) is 15.5. The van der Waals surface area contributed by atoms with E-state index in [0.717, 1.165) is 17.9 Å². The predicted molar refractivity (Wildman–Crippen MR) is 87.3 cm³/mol. The molecular weight excluding hydrogens is 260 g/mol. The topological polar surface area (TPSA) is 38.5 Å². The highest BCUT2D eigenvalue weighted by atomic mass is 16.5. The SMILES string of the molecule is COc1ccc(C(N)C(C)N(C)Cc2ccccc2)cc1. The molecule has 2 N–H and O–H groups in total. The molecule has 0 amide bonds. The summed E-state index contributed by atoms with van der Waals surface area (Å²) >= 11 is 0. The van der Waals surface area contributed by atoms with Gasteiger partial charge in [0.25, 0.3) is 0 Å². The first-order valence-corrected chi connectivity index (χ1v) is 7.25. The lowest BCUT2D eigenvalue weighted by molar-refractivity contribution is 0.219. The fourth-order valence-corrected chi connectivity index (χ4v) is 2.39. The Hall–Kier alpha value is -1.84. The van der Waals surface area contributed by atoms with Crippen molar-refractivity contribution < 1.29 is 4.74 Å². The summed E-state index contributed by atoms with van der Waals surface area (Å²) in [6, 6.07) is 18.7. The van der Waals surface area contributed by atoms with Crippen LogP contribution in [-0.4, -0.2) is 25.1 Å². The summed E-state index contributed by atoms with van der Waals surface area (Å²) in [5, 5.41) is 0. The molecule has 0 radical (unpaired) electrons. The zero-order valence-electron chi connectivity index (χ0n) is 13.0. The zero-order chi connectivity index (χ0) is 15.2. The minimum atomic E-state index is -0.0235. The van der Waals surface area contributed by atoms with E-state index in [1.54, 1.807) is 7.11 Å². The standard InChI is InChI=1S/C18H24N2O/c1-14(20(2)13-15-7-5-4-6-8-15)18(19)16-9-11-17(21-3)12-10-16/h4-12,14,18H,13,19H2,1-3H3. The molecule has 2 rings (SSSR count). The van der Waals surface area contributed by atoms with E-state index >= 15 is 0 Å². The number of nitrogens with zero attached hydrogens (tertiary/aromatic N) is 1. The molecule has 112 valence electrons. The van der Waals surface area contributed by atoms with E-state index in [9.17, 15) is 0 Å². The fraction of sp³-hybridized carbons (Fsp3) is 0.333. The van der Waals surface area contributed by atoms with Crippen molar-refractivity contribution in [3.8, 4) is 5.75 Å². The molecule has 0 bridgehead atoms. The third kappa shape index (κ3) is 4.06. The van der Waals surface area contributed by atoms with Crippen LogP contribution in [0.25, 0.3) is 0 Å². The second-order valence-electron chi connectivity index (χ2n) is 5.44. The monoisotopic (exact) mass is 284 g/mol. The van der Waals surface area contributed by atoms with Crippen molar-refractivity contribution in [3.05, 3.63) is 65.7 Å². The van der Waals surface area contributed by atoms with Gasteiger partial charge in [0.2, 0.25) is 0 Å².